The van der Waals surface area contributed by atoms with Crippen molar-refractivity contribution in [3.05, 3.63) is 32.3 Å². The van der Waals surface area contributed by atoms with Crippen molar-refractivity contribution in [2.24, 2.45) is 0 Å². The number of rotatable bonds is 3. The molecular weight excluding hydrogens is 412 g/mol. The molecule has 0 fully saturated rings. The van der Waals surface area contributed by atoms with E-state index in [1.54, 1.807) is 0 Å². The van der Waals surface area contributed by atoms with Crippen molar-refractivity contribution in [2.45, 2.75) is 6.18 Å². The van der Waals surface area contributed by atoms with E-state index in [1.807, 2.05) is 22.6 Å². The van der Waals surface area contributed by atoms with Gasteiger partial charge in [-0.1, -0.05) is 16.4 Å². The molecule has 0 saturated heterocycles. The minimum Gasteiger partial charge on any atom is -0.478 e. The number of ether oxygens (including phenoxy) is 1. The molecule has 1 aromatic carbocycles. The minimum absolute atomic E-state index is 0.0408. The fraction of sp³-hybridized carbons (Fsp3) is 0.100. The average molecular weight is 416 g/mol. The van der Waals surface area contributed by atoms with Gasteiger partial charge in [-0.2, -0.15) is 13.2 Å². The van der Waals surface area contributed by atoms with E-state index in [4.69, 9.17) is 9.84 Å². The second-order valence-electron chi connectivity index (χ2n) is 3.42. The summed E-state index contributed by atoms with van der Waals surface area (Å²) in [5.41, 5.74) is -0.0408. The van der Waals surface area contributed by atoms with Gasteiger partial charge in [-0.05, 0) is 40.8 Å². The van der Waals surface area contributed by atoms with Crippen LogP contribution in [0.15, 0.2) is 18.2 Å². The number of alkyl halides is 3. The first kappa shape index (κ1) is 15.0. The summed E-state index contributed by atoms with van der Waals surface area (Å²) < 4.78 is 42.8. The van der Waals surface area contributed by atoms with Crippen LogP contribution in [-0.2, 0) is 6.18 Å². The number of aromatic nitrogens is 2. The number of carboxylic acids is 1. The van der Waals surface area contributed by atoms with E-state index in [0.29, 0.717) is 3.57 Å². The number of aromatic carboxylic acids is 1. The molecule has 0 aliphatic rings. The summed E-state index contributed by atoms with van der Waals surface area (Å²) in [7, 11) is 0. The molecule has 5 nitrogen and oxygen atoms in total. The van der Waals surface area contributed by atoms with Gasteiger partial charge in [-0.15, -0.1) is 5.10 Å². The summed E-state index contributed by atoms with van der Waals surface area (Å²) in [5, 5.41) is 13.6. The number of carbonyl (C=O) groups is 1. The van der Waals surface area contributed by atoms with E-state index in [-0.39, 0.29) is 27.8 Å². The van der Waals surface area contributed by atoms with Gasteiger partial charge in [0.15, 0.2) is 0 Å². The molecule has 0 amide bonds. The number of hydrogen-bond acceptors (Lipinski definition) is 5. The quantitative estimate of drug-likeness (QED) is 0.774. The number of halogens is 4. The van der Waals surface area contributed by atoms with Crippen LogP contribution in [0.3, 0.4) is 0 Å². The van der Waals surface area contributed by atoms with Crippen LogP contribution in [0.4, 0.5) is 13.2 Å². The van der Waals surface area contributed by atoms with Crippen LogP contribution < -0.4 is 4.74 Å². The Labute approximate surface area is 127 Å². The van der Waals surface area contributed by atoms with Crippen LogP contribution >= 0.6 is 33.9 Å². The molecule has 2 aromatic rings. The first-order valence-electron chi connectivity index (χ1n) is 4.89. The molecule has 0 saturated carbocycles. The second kappa shape index (κ2) is 5.52. The molecule has 20 heavy (non-hydrogen) atoms. The van der Waals surface area contributed by atoms with Crippen molar-refractivity contribution < 1.29 is 27.8 Å². The highest BCUT2D eigenvalue weighted by Crippen LogP contribution is 2.36. The van der Waals surface area contributed by atoms with E-state index in [9.17, 15) is 18.0 Å². The third-order valence-corrected chi connectivity index (χ3v) is 3.76. The molecule has 10 heteroatoms. The SMILES string of the molecule is O=C(O)c1ccc(I)c(Oc2nnc(C(F)(F)F)s2)c1. The second-order valence-corrected chi connectivity index (χ2v) is 5.53. The maximum Gasteiger partial charge on any atom is 0.445 e. The van der Waals surface area contributed by atoms with E-state index in [0.717, 1.165) is 0 Å². The van der Waals surface area contributed by atoms with Crippen LogP contribution in [0, 0.1) is 3.57 Å². The normalized spacial score (nSPS) is 11.4. The van der Waals surface area contributed by atoms with Crippen molar-refractivity contribution in [1.29, 1.82) is 0 Å². The van der Waals surface area contributed by atoms with Gasteiger partial charge in [0.05, 0.1) is 9.13 Å². The number of hydrogen-bond donors (Lipinski definition) is 1. The lowest BCUT2D eigenvalue weighted by atomic mass is 10.2. The Balaban J connectivity index is 2.28. The first-order chi connectivity index (χ1) is 9.27. The molecule has 1 N–H and O–H groups in total. The molecule has 2 rings (SSSR count). The van der Waals surface area contributed by atoms with Crippen LogP contribution in [0.5, 0.6) is 10.9 Å². The predicted molar refractivity (Wildman–Crippen MR) is 71.1 cm³/mol. The highest BCUT2D eigenvalue weighted by Gasteiger charge is 2.36. The number of carboxylic acid groups (broad SMARTS) is 1. The zero-order valence-corrected chi connectivity index (χ0v) is 12.3. The maximum atomic E-state index is 12.4. The molecule has 106 valence electrons. The summed E-state index contributed by atoms with van der Waals surface area (Å²) in [5.74, 6) is -1.06. The highest BCUT2D eigenvalue weighted by atomic mass is 127. The van der Waals surface area contributed by atoms with Gasteiger partial charge in [0.25, 0.3) is 5.19 Å². The number of benzene rings is 1. The van der Waals surface area contributed by atoms with E-state index < -0.39 is 17.2 Å². The van der Waals surface area contributed by atoms with Crippen molar-refractivity contribution in [2.75, 3.05) is 0 Å². The summed E-state index contributed by atoms with van der Waals surface area (Å²) in [6.45, 7) is 0. The lowest BCUT2D eigenvalue weighted by Gasteiger charge is -2.05. The Hall–Kier alpha value is -1.43. The summed E-state index contributed by atoms with van der Waals surface area (Å²) >= 11 is 2.10. The Morgan fingerprint density at radius 3 is 2.60 bits per heavy atom. The van der Waals surface area contributed by atoms with Gasteiger partial charge >= 0.3 is 12.1 Å². The molecule has 1 aromatic heterocycles. The Morgan fingerprint density at radius 1 is 1.35 bits per heavy atom. The monoisotopic (exact) mass is 416 g/mol. The molecular formula is C10H4F3IN2O3S. The Morgan fingerprint density at radius 2 is 2.05 bits per heavy atom. The highest BCUT2D eigenvalue weighted by molar-refractivity contribution is 14.1. The summed E-state index contributed by atoms with van der Waals surface area (Å²) in [6.07, 6.45) is -4.59. The zero-order valence-electron chi connectivity index (χ0n) is 9.31. The van der Waals surface area contributed by atoms with Crippen LogP contribution in [-0.4, -0.2) is 21.3 Å². The van der Waals surface area contributed by atoms with E-state index in [2.05, 4.69) is 10.2 Å². The molecule has 0 aliphatic heterocycles. The molecule has 0 spiro atoms. The topological polar surface area (TPSA) is 72.3 Å². The summed E-state index contributed by atoms with van der Waals surface area (Å²) in [6, 6.07) is 4.04. The molecule has 0 radical (unpaired) electrons. The molecule has 0 bridgehead atoms. The number of nitrogens with zero attached hydrogens (tertiary/aromatic N) is 2. The molecule has 1 heterocycles. The Bertz CT molecular complexity index is 659. The first-order valence-corrected chi connectivity index (χ1v) is 6.78. The largest absolute Gasteiger partial charge is 0.478 e. The molecule has 0 unspecified atom stereocenters. The smallest absolute Gasteiger partial charge is 0.445 e. The van der Waals surface area contributed by atoms with Crippen LogP contribution in [0.1, 0.15) is 15.4 Å². The van der Waals surface area contributed by atoms with Crippen LogP contribution in [0.25, 0.3) is 0 Å². The Kier molecular flexibility index (Phi) is 4.13. The van der Waals surface area contributed by atoms with Gasteiger partial charge in [-0.3, -0.25) is 0 Å². The van der Waals surface area contributed by atoms with Gasteiger partial charge in [0, 0.05) is 0 Å². The predicted octanol–water partition coefficient (Wildman–Crippen LogP) is 3.65. The van der Waals surface area contributed by atoms with Gasteiger partial charge in [0.2, 0.25) is 5.01 Å². The fourth-order valence-electron chi connectivity index (χ4n) is 1.17. The van der Waals surface area contributed by atoms with E-state index in [1.165, 1.54) is 18.2 Å². The van der Waals surface area contributed by atoms with E-state index >= 15 is 0 Å². The van der Waals surface area contributed by atoms with Crippen LogP contribution in [0.2, 0.25) is 0 Å². The fourth-order valence-corrected chi connectivity index (χ4v) is 2.20. The maximum absolute atomic E-state index is 12.4. The van der Waals surface area contributed by atoms with Gasteiger partial charge < -0.3 is 9.84 Å². The lowest BCUT2D eigenvalue weighted by molar-refractivity contribution is -0.138. The summed E-state index contributed by atoms with van der Waals surface area (Å²) in [4.78, 5) is 10.8. The standard InChI is InChI=1S/C10H4F3IN2O3S/c11-10(12,13)8-15-16-9(20-8)19-6-3-4(7(17)18)1-2-5(6)14/h1-3H,(H,17,18). The van der Waals surface area contributed by atoms with Crippen molar-refractivity contribution >= 4 is 39.9 Å². The van der Waals surface area contributed by atoms with Crippen molar-refractivity contribution in [3.63, 3.8) is 0 Å². The molecule has 0 atom stereocenters. The van der Waals surface area contributed by atoms with Gasteiger partial charge in [0.1, 0.15) is 5.75 Å². The minimum atomic E-state index is -4.59. The van der Waals surface area contributed by atoms with Gasteiger partial charge in [-0.25, -0.2) is 4.79 Å². The van der Waals surface area contributed by atoms with Crippen molar-refractivity contribution in [3.8, 4) is 10.9 Å². The van der Waals surface area contributed by atoms with Crippen molar-refractivity contribution in [1.82, 2.24) is 10.2 Å². The molecule has 0 aliphatic carbocycles. The average Bonchev–Trinajstić information content (AvgIpc) is 2.80. The lowest BCUT2D eigenvalue weighted by Crippen LogP contribution is -2.03. The zero-order chi connectivity index (χ0) is 14.9. The third-order valence-electron chi connectivity index (χ3n) is 2.02. The third kappa shape index (κ3) is 3.36.